The second-order valence-electron chi connectivity index (χ2n) is 6.39. The third-order valence-electron chi connectivity index (χ3n) is 4.41. The first-order valence-corrected chi connectivity index (χ1v) is 9.59. The maximum absolute atomic E-state index is 12.5. The summed E-state index contributed by atoms with van der Waals surface area (Å²) in [6.07, 6.45) is 9.08. The maximum Gasteiger partial charge on any atom is 0.259 e. The number of aromatic nitrogens is 2. The van der Waals surface area contributed by atoms with Crippen molar-refractivity contribution in [2.75, 3.05) is 6.61 Å². The van der Waals surface area contributed by atoms with Crippen LogP contribution in [0.4, 0.5) is 0 Å². The lowest BCUT2D eigenvalue weighted by molar-refractivity contribution is 0.221. The first-order valence-electron chi connectivity index (χ1n) is 8.10. The lowest BCUT2D eigenvalue weighted by Gasteiger charge is -2.30. The van der Waals surface area contributed by atoms with E-state index in [0.29, 0.717) is 12.3 Å². The molecule has 1 saturated carbocycles. The van der Waals surface area contributed by atoms with Crippen LogP contribution in [-0.2, 0) is 10.0 Å². The molecular weight excluding hydrogens is 302 g/mol. The Morgan fingerprint density at radius 2 is 2.05 bits per heavy atom. The van der Waals surface area contributed by atoms with E-state index in [1.807, 2.05) is 13.8 Å². The van der Waals surface area contributed by atoms with Gasteiger partial charge in [-0.15, -0.1) is 0 Å². The molecule has 1 atom stereocenters. The van der Waals surface area contributed by atoms with E-state index in [0.717, 1.165) is 25.7 Å². The van der Waals surface area contributed by atoms with Crippen LogP contribution >= 0.6 is 0 Å². The summed E-state index contributed by atoms with van der Waals surface area (Å²) in [5.41, 5.74) is 0. The summed E-state index contributed by atoms with van der Waals surface area (Å²) in [5, 5.41) is 9.31. The standard InChI is InChI=1S/C15H27N3O3S/c1-12(2)18-10-15(16-11-18)22(20,21)17-14(8-9-19)13-6-4-3-5-7-13/h10-14,17,19H,3-9H2,1-2H3. The van der Waals surface area contributed by atoms with Gasteiger partial charge in [-0.2, -0.15) is 0 Å². The van der Waals surface area contributed by atoms with E-state index in [-0.39, 0.29) is 23.7 Å². The molecule has 0 radical (unpaired) electrons. The van der Waals surface area contributed by atoms with Crippen LogP contribution in [0.1, 0.15) is 58.4 Å². The molecule has 0 amide bonds. The fourth-order valence-electron chi connectivity index (χ4n) is 3.07. The molecule has 1 aliphatic rings. The molecular formula is C15H27N3O3S. The second-order valence-corrected chi connectivity index (χ2v) is 8.05. The maximum atomic E-state index is 12.5. The Labute approximate surface area is 133 Å². The molecule has 6 nitrogen and oxygen atoms in total. The number of imidazole rings is 1. The molecule has 2 rings (SSSR count). The lowest BCUT2D eigenvalue weighted by atomic mass is 9.83. The lowest BCUT2D eigenvalue weighted by Crippen LogP contribution is -2.41. The third kappa shape index (κ3) is 4.30. The van der Waals surface area contributed by atoms with E-state index in [9.17, 15) is 13.5 Å². The van der Waals surface area contributed by atoms with Crippen LogP contribution in [0.5, 0.6) is 0 Å². The quantitative estimate of drug-likeness (QED) is 0.802. The summed E-state index contributed by atoms with van der Waals surface area (Å²) < 4.78 is 29.6. The van der Waals surface area contributed by atoms with Crippen molar-refractivity contribution in [3.8, 4) is 0 Å². The molecule has 0 spiro atoms. The summed E-state index contributed by atoms with van der Waals surface area (Å²) in [7, 11) is -3.64. The normalized spacial score (nSPS) is 18.7. The highest BCUT2D eigenvalue weighted by molar-refractivity contribution is 7.89. The van der Waals surface area contributed by atoms with E-state index in [1.54, 1.807) is 17.1 Å². The zero-order valence-corrected chi connectivity index (χ0v) is 14.2. The highest BCUT2D eigenvalue weighted by Gasteiger charge is 2.29. The molecule has 1 fully saturated rings. The minimum Gasteiger partial charge on any atom is -0.396 e. The number of rotatable bonds is 7. The van der Waals surface area contributed by atoms with Gasteiger partial charge in [0.25, 0.3) is 10.0 Å². The Kier molecular flexibility index (Phi) is 6.00. The molecule has 0 aliphatic heterocycles. The van der Waals surface area contributed by atoms with Crippen molar-refractivity contribution in [1.29, 1.82) is 0 Å². The summed E-state index contributed by atoms with van der Waals surface area (Å²) in [4.78, 5) is 4.02. The monoisotopic (exact) mass is 329 g/mol. The third-order valence-corrected chi connectivity index (χ3v) is 5.79. The molecule has 1 heterocycles. The number of nitrogens with zero attached hydrogens (tertiary/aromatic N) is 2. The fraction of sp³-hybridized carbons (Fsp3) is 0.800. The summed E-state index contributed by atoms with van der Waals surface area (Å²) in [6, 6.07) is -0.0393. The highest BCUT2D eigenvalue weighted by atomic mass is 32.2. The Hall–Kier alpha value is -0.920. The minimum absolute atomic E-state index is 0.00980. The van der Waals surface area contributed by atoms with Crippen LogP contribution in [0.3, 0.4) is 0 Å². The molecule has 126 valence electrons. The fourth-order valence-corrected chi connectivity index (χ4v) is 4.34. The van der Waals surface area contributed by atoms with Crippen molar-refractivity contribution in [2.24, 2.45) is 5.92 Å². The van der Waals surface area contributed by atoms with Gasteiger partial charge in [-0.05, 0) is 39.0 Å². The van der Waals surface area contributed by atoms with Crippen LogP contribution in [0.2, 0.25) is 0 Å². The van der Waals surface area contributed by atoms with E-state index < -0.39 is 10.0 Å². The molecule has 1 unspecified atom stereocenters. The van der Waals surface area contributed by atoms with Crippen molar-refractivity contribution in [1.82, 2.24) is 14.3 Å². The predicted molar refractivity (Wildman–Crippen MR) is 85.0 cm³/mol. The molecule has 1 aromatic heterocycles. The van der Waals surface area contributed by atoms with E-state index in [2.05, 4.69) is 9.71 Å². The van der Waals surface area contributed by atoms with Gasteiger partial charge in [-0.25, -0.2) is 18.1 Å². The topological polar surface area (TPSA) is 84.2 Å². The van der Waals surface area contributed by atoms with Gasteiger partial charge in [-0.1, -0.05) is 19.3 Å². The zero-order valence-electron chi connectivity index (χ0n) is 13.4. The summed E-state index contributed by atoms with van der Waals surface area (Å²) >= 11 is 0. The molecule has 0 aromatic carbocycles. The number of aliphatic hydroxyl groups excluding tert-OH is 1. The van der Waals surface area contributed by atoms with Crippen LogP contribution in [0, 0.1) is 5.92 Å². The van der Waals surface area contributed by atoms with Gasteiger partial charge >= 0.3 is 0 Å². The van der Waals surface area contributed by atoms with E-state index >= 15 is 0 Å². The largest absolute Gasteiger partial charge is 0.396 e. The van der Waals surface area contributed by atoms with Gasteiger partial charge in [0.05, 0.1) is 6.33 Å². The van der Waals surface area contributed by atoms with Crippen molar-refractivity contribution in [2.45, 2.75) is 69.5 Å². The molecule has 2 N–H and O–H groups in total. The average Bonchev–Trinajstić information content (AvgIpc) is 2.98. The average molecular weight is 329 g/mol. The Balaban J connectivity index is 2.12. The van der Waals surface area contributed by atoms with Crippen LogP contribution in [0.15, 0.2) is 17.6 Å². The number of aliphatic hydroxyl groups is 1. The zero-order chi connectivity index (χ0) is 16.2. The van der Waals surface area contributed by atoms with Crippen molar-refractivity contribution in [3.63, 3.8) is 0 Å². The van der Waals surface area contributed by atoms with Gasteiger partial charge < -0.3 is 9.67 Å². The molecule has 0 saturated heterocycles. The predicted octanol–water partition coefficient (Wildman–Crippen LogP) is 2.07. The SMILES string of the molecule is CC(C)n1cnc(S(=O)(=O)NC(CCO)C2CCCCC2)c1. The number of hydrogen-bond donors (Lipinski definition) is 2. The Bertz CT molecular complexity index is 562. The van der Waals surface area contributed by atoms with Gasteiger partial charge in [0.15, 0.2) is 5.03 Å². The minimum atomic E-state index is -3.64. The number of sulfonamides is 1. The first kappa shape index (κ1) is 17.4. The van der Waals surface area contributed by atoms with E-state index in [1.165, 1.54) is 6.42 Å². The molecule has 0 bridgehead atoms. The van der Waals surface area contributed by atoms with Crippen molar-refractivity contribution in [3.05, 3.63) is 12.5 Å². The van der Waals surface area contributed by atoms with Gasteiger partial charge in [0.2, 0.25) is 0 Å². The van der Waals surface area contributed by atoms with Crippen LogP contribution in [0.25, 0.3) is 0 Å². The number of hydrogen-bond acceptors (Lipinski definition) is 4. The van der Waals surface area contributed by atoms with Gasteiger partial charge in [-0.3, -0.25) is 0 Å². The molecule has 1 aliphatic carbocycles. The Morgan fingerprint density at radius 1 is 1.36 bits per heavy atom. The second kappa shape index (κ2) is 7.57. The summed E-state index contributed by atoms with van der Waals surface area (Å²) in [5.74, 6) is 0.308. The summed E-state index contributed by atoms with van der Waals surface area (Å²) in [6.45, 7) is 3.94. The van der Waals surface area contributed by atoms with Crippen LogP contribution < -0.4 is 4.72 Å². The highest BCUT2D eigenvalue weighted by Crippen LogP contribution is 2.28. The molecule has 22 heavy (non-hydrogen) atoms. The van der Waals surface area contributed by atoms with Crippen molar-refractivity contribution < 1.29 is 13.5 Å². The Morgan fingerprint density at radius 3 is 2.59 bits per heavy atom. The van der Waals surface area contributed by atoms with Gasteiger partial charge in [0.1, 0.15) is 0 Å². The van der Waals surface area contributed by atoms with Crippen molar-refractivity contribution >= 4 is 10.0 Å². The number of nitrogens with one attached hydrogen (secondary N) is 1. The first-order chi connectivity index (χ1) is 10.4. The molecule has 7 heteroatoms. The van der Waals surface area contributed by atoms with Crippen LogP contribution in [-0.4, -0.2) is 35.7 Å². The molecule has 1 aromatic rings. The van der Waals surface area contributed by atoms with E-state index in [4.69, 9.17) is 0 Å². The smallest absolute Gasteiger partial charge is 0.259 e. The van der Waals surface area contributed by atoms with Gasteiger partial charge in [0, 0.05) is 24.9 Å².